The van der Waals surface area contributed by atoms with E-state index < -0.39 is 0 Å². The van der Waals surface area contributed by atoms with Crippen LogP contribution in [0.1, 0.15) is 53.4 Å². The lowest BCUT2D eigenvalue weighted by Gasteiger charge is -2.33. The van der Waals surface area contributed by atoms with Crippen molar-refractivity contribution in [2.75, 3.05) is 5.75 Å². The van der Waals surface area contributed by atoms with E-state index >= 15 is 0 Å². The highest BCUT2D eigenvalue weighted by Crippen LogP contribution is 2.36. The zero-order valence-electron chi connectivity index (χ0n) is 11.6. The topological polar surface area (TPSA) is 24.4 Å². The fourth-order valence-electron chi connectivity index (χ4n) is 2.99. The van der Waals surface area contributed by atoms with Crippen LogP contribution >= 0.6 is 11.8 Å². The van der Waals surface area contributed by atoms with E-state index in [1.54, 1.807) is 0 Å². The molecule has 0 bridgehead atoms. The standard InChI is InChI=1S/C14H26N2S/c1-5-11-6-7-12(10(11)2)15-13-16-14(3,4)8-9-17-13/h10-12H,5-9H2,1-4H3,(H,15,16). The monoisotopic (exact) mass is 254 g/mol. The number of rotatable bonds is 2. The van der Waals surface area contributed by atoms with Crippen LogP contribution in [0.15, 0.2) is 4.99 Å². The SMILES string of the molecule is CCC1CCC(N=C2NC(C)(C)CCS2)C1C. The first-order valence-electron chi connectivity index (χ1n) is 7.00. The first-order valence-corrected chi connectivity index (χ1v) is 7.99. The molecule has 0 aromatic carbocycles. The third kappa shape index (κ3) is 3.18. The van der Waals surface area contributed by atoms with Crippen molar-refractivity contribution in [2.24, 2.45) is 16.8 Å². The molecular formula is C14H26N2S. The van der Waals surface area contributed by atoms with E-state index in [0.717, 1.165) is 11.8 Å². The van der Waals surface area contributed by atoms with Crippen LogP contribution in [0.25, 0.3) is 0 Å². The van der Waals surface area contributed by atoms with Crippen LogP contribution in [-0.4, -0.2) is 22.5 Å². The summed E-state index contributed by atoms with van der Waals surface area (Å²) in [7, 11) is 0. The average Bonchev–Trinajstić information content (AvgIpc) is 2.59. The summed E-state index contributed by atoms with van der Waals surface area (Å²) in [5.74, 6) is 2.86. The lowest BCUT2D eigenvalue weighted by molar-refractivity contribution is 0.381. The van der Waals surface area contributed by atoms with Crippen molar-refractivity contribution < 1.29 is 0 Å². The van der Waals surface area contributed by atoms with Gasteiger partial charge in [0, 0.05) is 11.3 Å². The summed E-state index contributed by atoms with van der Waals surface area (Å²) >= 11 is 1.90. The molecule has 0 spiro atoms. The molecule has 2 nitrogen and oxygen atoms in total. The molecule has 3 unspecified atom stereocenters. The van der Waals surface area contributed by atoms with Gasteiger partial charge >= 0.3 is 0 Å². The number of hydrogen-bond donors (Lipinski definition) is 1. The molecule has 1 heterocycles. The van der Waals surface area contributed by atoms with Crippen molar-refractivity contribution >= 4 is 16.9 Å². The molecule has 3 atom stereocenters. The van der Waals surface area contributed by atoms with Gasteiger partial charge in [0.25, 0.3) is 0 Å². The minimum absolute atomic E-state index is 0.232. The molecule has 1 saturated heterocycles. The molecule has 2 rings (SSSR count). The molecule has 1 aliphatic heterocycles. The molecule has 3 heteroatoms. The highest BCUT2D eigenvalue weighted by Gasteiger charge is 2.32. The molecule has 1 saturated carbocycles. The van der Waals surface area contributed by atoms with Gasteiger partial charge < -0.3 is 5.32 Å². The average molecular weight is 254 g/mol. The third-order valence-corrected chi connectivity index (χ3v) is 5.29. The van der Waals surface area contributed by atoms with Gasteiger partial charge in [-0.05, 0) is 44.9 Å². The number of hydrogen-bond acceptors (Lipinski definition) is 2. The Morgan fingerprint density at radius 3 is 2.76 bits per heavy atom. The van der Waals surface area contributed by atoms with E-state index in [4.69, 9.17) is 4.99 Å². The Morgan fingerprint density at radius 1 is 1.41 bits per heavy atom. The minimum Gasteiger partial charge on any atom is -0.360 e. The van der Waals surface area contributed by atoms with Gasteiger partial charge in [-0.25, -0.2) is 0 Å². The summed E-state index contributed by atoms with van der Waals surface area (Å²) in [6.45, 7) is 9.24. The summed E-state index contributed by atoms with van der Waals surface area (Å²) < 4.78 is 0. The zero-order chi connectivity index (χ0) is 12.5. The second-order valence-corrected chi connectivity index (χ2v) is 7.30. The van der Waals surface area contributed by atoms with Crippen LogP contribution in [0.5, 0.6) is 0 Å². The largest absolute Gasteiger partial charge is 0.360 e. The maximum atomic E-state index is 4.98. The molecule has 1 aliphatic carbocycles. The summed E-state index contributed by atoms with van der Waals surface area (Å²) in [6, 6.07) is 0.559. The normalized spacial score (nSPS) is 39.3. The Hall–Kier alpha value is -0.180. The highest BCUT2D eigenvalue weighted by atomic mass is 32.2. The Balaban J connectivity index is 2.00. The highest BCUT2D eigenvalue weighted by molar-refractivity contribution is 8.13. The number of nitrogens with zero attached hydrogens (tertiary/aromatic N) is 1. The van der Waals surface area contributed by atoms with Gasteiger partial charge in [-0.2, -0.15) is 0 Å². The van der Waals surface area contributed by atoms with Crippen molar-refractivity contribution in [2.45, 2.75) is 65.0 Å². The molecule has 17 heavy (non-hydrogen) atoms. The van der Waals surface area contributed by atoms with E-state index in [1.165, 1.54) is 36.6 Å². The lowest BCUT2D eigenvalue weighted by Crippen LogP contribution is -2.46. The quantitative estimate of drug-likeness (QED) is 0.813. The van der Waals surface area contributed by atoms with Crippen LogP contribution in [0.2, 0.25) is 0 Å². The second kappa shape index (κ2) is 5.21. The summed E-state index contributed by atoms with van der Waals surface area (Å²) in [4.78, 5) is 4.98. The maximum absolute atomic E-state index is 4.98. The Morgan fingerprint density at radius 2 is 2.18 bits per heavy atom. The van der Waals surface area contributed by atoms with E-state index in [1.807, 2.05) is 11.8 Å². The zero-order valence-corrected chi connectivity index (χ0v) is 12.4. The van der Waals surface area contributed by atoms with Crippen LogP contribution in [0, 0.1) is 11.8 Å². The Kier molecular flexibility index (Phi) is 4.06. The van der Waals surface area contributed by atoms with Crippen molar-refractivity contribution in [3.05, 3.63) is 0 Å². The van der Waals surface area contributed by atoms with Crippen molar-refractivity contribution in [3.8, 4) is 0 Å². The number of aliphatic imine (C=N–C) groups is 1. The molecule has 98 valence electrons. The van der Waals surface area contributed by atoms with E-state index in [2.05, 4.69) is 33.0 Å². The Labute approximate surface area is 110 Å². The van der Waals surface area contributed by atoms with E-state index in [9.17, 15) is 0 Å². The fraction of sp³-hybridized carbons (Fsp3) is 0.929. The minimum atomic E-state index is 0.232. The summed E-state index contributed by atoms with van der Waals surface area (Å²) in [5.41, 5.74) is 0.232. The molecule has 0 radical (unpaired) electrons. The molecule has 0 aromatic heterocycles. The van der Waals surface area contributed by atoms with Crippen LogP contribution in [-0.2, 0) is 0 Å². The van der Waals surface area contributed by atoms with Gasteiger partial charge in [-0.3, -0.25) is 4.99 Å². The molecule has 2 aliphatic rings. The molecule has 0 aromatic rings. The predicted octanol–water partition coefficient (Wildman–Crippen LogP) is 3.67. The molecule has 2 fully saturated rings. The fourth-order valence-corrected chi connectivity index (χ4v) is 4.36. The van der Waals surface area contributed by atoms with Gasteiger partial charge in [0.1, 0.15) is 0 Å². The molecular weight excluding hydrogens is 228 g/mol. The predicted molar refractivity (Wildman–Crippen MR) is 77.7 cm³/mol. The molecule has 0 amide bonds. The van der Waals surface area contributed by atoms with Crippen LogP contribution < -0.4 is 5.32 Å². The first-order chi connectivity index (χ1) is 8.02. The van der Waals surface area contributed by atoms with Crippen LogP contribution in [0.4, 0.5) is 0 Å². The van der Waals surface area contributed by atoms with Gasteiger partial charge in [0.05, 0.1) is 6.04 Å². The summed E-state index contributed by atoms with van der Waals surface area (Å²) in [5, 5.41) is 4.78. The number of thioether (sulfide) groups is 1. The maximum Gasteiger partial charge on any atom is 0.157 e. The van der Waals surface area contributed by atoms with Crippen molar-refractivity contribution in [3.63, 3.8) is 0 Å². The Bertz CT molecular complexity index is 299. The van der Waals surface area contributed by atoms with Gasteiger partial charge in [-0.15, -0.1) is 0 Å². The second-order valence-electron chi connectivity index (χ2n) is 6.21. The molecule has 1 N–H and O–H groups in total. The van der Waals surface area contributed by atoms with E-state index in [0.29, 0.717) is 6.04 Å². The smallest absolute Gasteiger partial charge is 0.157 e. The summed E-state index contributed by atoms with van der Waals surface area (Å²) in [6.07, 6.45) is 5.20. The number of nitrogens with one attached hydrogen (secondary N) is 1. The van der Waals surface area contributed by atoms with Crippen molar-refractivity contribution in [1.82, 2.24) is 5.32 Å². The van der Waals surface area contributed by atoms with Gasteiger partial charge in [0.2, 0.25) is 0 Å². The van der Waals surface area contributed by atoms with Gasteiger partial charge in [0.15, 0.2) is 5.17 Å². The van der Waals surface area contributed by atoms with E-state index in [-0.39, 0.29) is 5.54 Å². The lowest BCUT2D eigenvalue weighted by atomic mass is 9.94. The number of amidine groups is 1. The van der Waals surface area contributed by atoms with Gasteiger partial charge in [-0.1, -0.05) is 32.0 Å². The van der Waals surface area contributed by atoms with Crippen molar-refractivity contribution in [1.29, 1.82) is 0 Å². The van der Waals surface area contributed by atoms with Crippen LogP contribution in [0.3, 0.4) is 0 Å². The third-order valence-electron chi connectivity index (χ3n) is 4.40. The first kappa shape index (κ1) is 13.3.